The lowest BCUT2D eigenvalue weighted by Crippen LogP contribution is -2.44. The molecular weight excluding hydrogens is 216 g/mol. The minimum absolute atomic E-state index is 0.196. The fourth-order valence-electron chi connectivity index (χ4n) is 2.05. The summed E-state index contributed by atoms with van der Waals surface area (Å²) in [6.07, 6.45) is 2.62. The molecule has 1 aromatic heterocycles. The molecule has 1 N–H and O–H groups in total. The molecule has 5 nitrogen and oxygen atoms in total. The van der Waals surface area contributed by atoms with Gasteiger partial charge in [0.1, 0.15) is 12.2 Å². The first-order chi connectivity index (χ1) is 8.10. The van der Waals surface area contributed by atoms with Crippen molar-refractivity contribution in [3.63, 3.8) is 0 Å². The van der Waals surface area contributed by atoms with Crippen molar-refractivity contribution in [3.05, 3.63) is 12.2 Å². The number of nitrogens with one attached hydrogen (secondary N) is 1. The summed E-state index contributed by atoms with van der Waals surface area (Å²) < 4.78 is 7.64. The van der Waals surface area contributed by atoms with E-state index in [9.17, 15) is 0 Å². The van der Waals surface area contributed by atoms with Crippen LogP contribution in [-0.4, -0.2) is 40.6 Å². The van der Waals surface area contributed by atoms with Crippen LogP contribution in [0.1, 0.15) is 26.6 Å². The van der Waals surface area contributed by atoms with Gasteiger partial charge in [0.05, 0.1) is 6.10 Å². The number of aromatic nitrogens is 3. The van der Waals surface area contributed by atoms with Gasteiger partial charge in [-0.25, -0.2) is 4.98 Å². The van der Waals surface area contributed by atoms with Crippen LogP contribution in [0.15, 0.2) is 6.33 Å². The number of rotatable bonds is 7. The first-order valence-corrected chi connectivity index (χ1v) is 6.21. The summed E-state index contributed by atoms with van der Waals surface area (Å²) in [5.41, 5.74) is 0. The number of aryl methyl sites for hydroxylation is 1. The molecule has 0 aliphatic rings. The van der Waals surface area contributed by atoms with E-state index in [1.165, 1.54) is 0 Å². The Morgan fingerprint density at radius 2 is 2.18 bits per heavy atom. The third-order valence-corrected chi connectivity index (χ3v) is 2.99. The van der Waals surface area contributed by atoms with Crippen LogP contribution < -0.4 is 5.32 Å². The molecule has 0 aliphatic carbocycles. The quantitative estimate of drug-likeness (QED) is 0.772. The number of hydrogen-bond acceptors (Lipinski definition) is 4. The van der Waals surface area contributed by atoms with Crippen LogP contribution in [0.2, 0.25) is 0 Å². The van der Waals surface area contributed by atoms with Crippen molar-refractivity contribution in [2.24, 2.45) is 13.0 Å². The van der Waals surface area contributed by atoms with Crippen molar-refractivity contribution in [1.29, 1.82) is 0 Å². The molecule has 17 heavy (non-hydrogen) atoms. The Bertz CT molecular complexity index is 324. The van der Waals surface area contributed by atoms with E-state index >= 15 is 0 Å². The Kier molecular flexibility index (Phi) is 5.58. The van der Waals surface area contributed by atoms with Crippen molar-refractivity contribution in [2.45, 2.75) is 39.3 Å². The molecule has 0 bridgehead atoms. The minimum Gasteiger partial charge on any atom is -0.377 e. The monoisotopic (exact) mass is 240 g/mol. The molecule has 1 aromatic rings. The fraction of sp³-hybridized carbons (Fsp3) is 0.833. The number of ether oxygens (including phenoxy) is 1. The zero-order valence-electron chi connectivity index (χ0n) is 11.5. The first kappa shape index (κ1) is 14.1. The van der Waals surface area contributed by atoms with E-state index in [0.29, 0.717) is 5.92 Å². The standard InChI is InChI=1S/C12H24N4O/c1-6-17-12(9(2)3)10(13-4)7-11-14-8-15-16(11)5/h8-10,12-13H,6-7H2,1-5H3. The van der Waals surface area contributed by atoms with Crippen LogP contribution in [0.5, 0.6) is 0 Å². The molecule has 1 heterocycles. The van der Waals surface area contributed by atoms with E-state index in [2.05, 4.69) is 29.2 Å². The van der Waals surface area contributed by atoms with Crippen molar-refractivity contribution in [2.75, 3.05) is 13.7 Å². The topological polar surface area (TPSA) is 52.0 Å². The highest BCUT2D eigenvalue weighted by atomic mass is 16.5. The lowest BCUT2D eigenvalue weighted by molar-refractivity contribution is 0.00475. The highest BCUT2D eigenvalue weighted by Gasteiger charge is 2.25. The molecule has 0 spiro atoms. The summed E-state index contributed by atoms with van der Waals surface area (Å²) in [7, 11) is 3.88. The molecule has 98 valence electrons. The van der Waals surface area contributed by atoms with E-state index in [0.717, 1.165) is 18.9 Å². The highest BCUT2D eigenvalue weighted by Crippen LogP contribution is 2.14. The maximum Gasteiger partial charge on any atom is 0.138 e. The molecule has 2 unspecified atom stereocenters. The predicted molar refractivity (Wildman–Crippen MR) is 67.8 cm³/mol. The van der Waals surface area contributed by atoms with Crippen LogP contribution in [0, 0.1) is 5.92 Å². The lowest BCUT2D eigenvalue weighted by atomic mass is 9.96. The van der Waals surface area contributed by atoms with Crippen LogP contribution in [-0.2, 0) is 18.2 Å². The Hall–Kier alpha value is -0.940. The SMILES string of the molecule is CCOC(C(C)C)C(Cc1ncnn1C)NC. The molecule has 0 saturated carbocycles. The largest absolute Gasteiger partial charge is 0.377 e. The zero-order chi connectivity index (χ0) is 12.8. The molecule has 0 fully saturated rings. The Morgan fingerprint density at radius 1 is 1.47 bits per heavy atom. The average Bonchev–Trinajstić information content (AvgIpc) is 2.69. The van der Waals surface area contributed by atoms with Crippen LogP contribution in [0.25, 0.3) is 0 Å². The van der Waals surface area contributed by atoms with Gasteiger partial charge in [0.15, 0.2) is 0 Å². The van der Waals surface area contributed by atoms with Gasteiger partial charge in [0.25, 0.3) is 0 Å². The van der Waals surface area contributed by atoms with E-state index in [4.69, 9.17) is 4.74 Å². The van der Waals surface area contributed by atoms with E-state index < -0.39 is 0 Å². The van der Waals surface area contributed by atoms with Gasteiger partial charge < -0.3 is 10.1 Å². The number of nitrogens with zero attached hydrogens (tertiary/aromatic N) is 3. The summed E-state index contributed by atoms with van der Waals surface area (Å²) in [4.78, 5) is 4.26. The molecular formula is C12H24N4O. The fourth-order valence-corrected chi connectivity index (χ4v) is 2.05. The second-order valence-electron chi connectivity index (χ2n) is 4.56. The predicted octanol–water partition coefficient (Wildman–Crippen LogP) is 1.01. The van der Waals surface area contributed by atoms with Crippen molar-refractivity contribution < 1.29 is 4.74 Å². The van der Waals surface area contributed by atoms with Crippen LogP contribution >= 0.6 is 0 Å². The van der Waals surface area contributed by atoms with Gasteiger partial charge >= 0.3 is 0 Å². The third-order valence-electron chi connectivity index (χ3n) is 2.99. The summed E-state index contributed by atoms with van der Waals surface area (Å²) in [5.74, 6) is 1.45. The van der Waals surface area contributed by atoms with Gasteiger partial charge in [-0.2, -0.15) is 5.10 Å². The van der Waals surface area contributed by atoms with E-state index in [1.807, 2.05) is 25.7 Å². The summed E-state index contributed by atoms with van der Waals surface area (Å²) >= 11 is 0. The van der Waals surface area contributed by atoms with E-state index in [-0.39, 0.29) is 12.1 Å². The lowest BCUT2D eigenvalue weighted by Gasteiger charge is -2.29. The summed E-state index contributed by atoms with van der Waals surface area (Å²) in [6, 6.07) is 0.262. The molecule has 5 heteroatoms. The van der Waals surface area contributed by atoms with Gasteiger partial charge in [-0.05, 0) is 19.9 Å². The molecule has 2 atom stereocenters. The molecule has 0 aromatic carbocycles. The smallest absolute Gasteiger partial charge is 0.138 e. The van der Waals surface area contributed by atoms with Gasteiger partial charge in [0, 0.05) is 26.1 Å². The Balaban J connectivity index is 2.72. The van der Waals surface area contributed by atoms with Crippen molar-refractivity contribution >= 4 is 0 Å². The molecule has 0 aliphatic heterocycles. The molecule has 0 radical (unpaired) electrons. The molecule has 0 saturated heterocycles. The van der Waals surface area contributed by atoms with Crippen molar-refractivity contribution in [3.8, 4) is 0 Å². The maximum absolute atomic E-state index is 5.83. The van der Waals surface area contributed by atoms with E-state index in [1.54, 1.807) is 6.33 Å². The summed E-state index contributed by atoms with van der Waals surface area (Å²) in [6.45, 7) is 7.13. The third kappa shape index (κ3) is 3.78. The Labute approximate surface area is 104 Å². The number of likely N-dealkylation sites (N-methyl/N-ethyl adjacent to an activating group) is 1. The number of hydrogen-bond donors (Lipinski definition) is 1. The van der Waals surface area contributed by atoms with Gasteiger partial charge in [-0.1, -0.05) is 13.8 Å². The minimum atomic E-state index is 0.196. The van der Waals surface area contributed by atoms with Gasteiger partial charge in [-0.3, -0.25) is 4.68 Å². The normalized spacial score (nSPS) is 15.2. The average molecular weight is 240 g/mol. The Morgan fingerprint density at radius 3 is 2.59 bits per heavy atom. The van der Waals surface area contributed by atoms with Crippen molar-refractivity contribution in [1.82, 2.24) is 20.1 Å². The van der Waals surface area contributed by atoms with Crippen LogP contribution in [0.3, 0.4) is 0 Å². The second-order valence-corrected chi connectivity index (χ2v) is 4.56. The highest BCUT2D eigenvalue weighted by molar-refractivity contribution is 4.92. The summed E-state index contributed by atoms with van der Waals surface area (Å²) in [5, 5.41) is 7.42. The van der Waals surface area contributed by atoms with Gasteiger partial charge in [-0.15, -0.1) is 0 Å². The molecule has 0 amide bonds. The second kappa shape index (κ2) is 6.71. The van der Waals surface area contributed by atoms with Gasteiger partial charge in [0.2, 0.25) is 0 Å². The van der Waals surface area contributed by atoms with Crippen LogP contribution in [0.4, 0.5) is 0 Å². The first-order valence-electron chi connectivity index (χ1n) is 6.21. The maximum atomic E-state index is 5.83. The zero-order valence-corrected chi connectivity index (χ0v) is 11.5. The molecule has 1 rings (SSSR count).